The smallest absolute Gasteiger partial charge is 0.416 e. The average molecular weight is 354 g/mol. The average Bonchev–Trinajstić information content (AvgIpc) is 3.01. The Morgan fingerprint density at radius 1 is 1.25 bits per heavy atom. The highest BCUT2D eigenvalue weighted by Crippen LogP contribution is 2.29. The second-order valence-electron chi connectivity index (χ2n) is 4.79. The van der Waals surface area contributed by atoms with Crippen LogP contribution < -0.4 is 5.56 Å². The Balaban J connectivity index is 1.71. The van der Waals surface area contributed by atoms with Gasteiger partial charge in [-0.2, -0.15) is 13.2 Å². The third kappa shape index (κ3) is 3.30. The molecule has 9 heteroatoms. The normalized spacial score (nSPS) is 11.6. The number of fused-ring (bicyclic) bond motifs is 1. The molecule has 3 rings (SSSR count). The van der Waals surface area contributed by atoms with Crippen molar-refractivity contribution in [3.8, 4) is 0 Å². The molecule has 0 aliphatic heterocycles. The molecule has 0 N–H and O–H groups in total. The second kappa shape index (κ2) is 6.08. The molecule has 24 heavy (non-hydrogen) atoms. The maximum atomic E-state index is 12.5. The molecule has 0 aliphatic rings. The predicted octanol–water partition coefficient (Wildman–Crippen LogP) is 3.13. The van der Waals surface area contributed by atoms with Gasteiger partial charge in [0.05, 0.1) is 16.8 Å². The molecule has 1 aromatic carbocycles. The highest BCUT2D eigenvalue weighted by atomic mass is 32.1. The maximum Gasteiger partial charge on any atom is 0.416 e. The number of carbonyl (C=O) groups excluding carboxylic acids is 1. The van der Waals surface area contributed by atoms with Gasteiger partial charge in [-0.05, 0) is 24.3 Å². The van der Waals surface area contributed by atoms with E-state index in [2.05, 4.69) is 4.98 Å². The summed E-state index contributed by atoms with van der Waals surface area (Å²) in [6.07, 6.45) is -2.89. The molecule has 0 saturated heterocycles. The van der Waals surface area contributed by atoms with Crippen LogP contribution in [-0.4, -0.2) is 15.4 Å². The van der Waals surface area contributed by atoms with Crippen LogP contribution in [0.15, 0.2) is 46.7 Å². The Labute approximate surface area is 137 Å². The number of alkyl halides is 3. The van der Waals surface area contributed by atoms with E-state index in [1.807, 2.05) is 0 Å². The van der Waals surface area contributed by atoms with E-state index in [0.717, 1.165) is 24.3 Å². The van der Waals surface area contributed by atoms with E-state index in [0.29, 0.717) is 4.96 Å². The minimum Gasteiger partial charge on any atom is -0.456 e. The van der Waals surface area contributed by atoms with Crippen molar-refractivity contribution in [2.45, 2.75) is 12.8 Å². The number of hydrogen-bond donors (Lipinski definition) is 0. The number of halogens is 3. The Bertz CT molecular complexity index is 945. The summed E-state index contributed by atoms with van der Waals surface area (Å²) in [6.45, 7) is -0.247. The third-order valence-corrected chi connectivity index (χ3v) is 3.91. The first-order valence-electron chi connectivity index (χ1n) is 6.65. The summed E-state index contributed by atoms with van der Waals surface area (Å²) in [5, 5.41) is 1.70. The molecule has 5 nitrogen and oxygen atoms in total. The standard InChI is InChI=1S/C15H9F3N2O3S/c16-15(17,18)10-3-1-9(2-4-10)13(22)23-8-11-7-12(21)20-5-6-24-14(20)19-11/h1-7H,8H2. The number of thiazole rings is 1. The van der Waals surface area contributed by atoms with Crippen LogP contribution in [0.3, 0.4) is 0 Å². The number of carbonyl (C=O) groups is 1. The minimum absolute atomic E-state index is 0.0167. The summed E-state index contributed by atoms with van der Waals surface area (Å²) in [5.74, 6) is -0.795. The first-order valence-corrected chi connectivity index (χ1v) is 7.53. The molecule has 2 heterocycles. The molecule has 0 bridgehead atoms. The first kappa shape index (κ1) is 16.2. The van der Waals surface area contributed by atoms with Crippen molar-refractivity contribution in [2.75, 3.05) is 0 Å². The molecule has 0 unspecified atom stereocenters. The van der Waals surface area contributed by atoms with E-state index in [4.69, 9.17) is 4.74 Å². The number of benzene rings is 1. The largest absolute Gasteiger partial charge is 0.456 e. The quantitative estimate of drug-likeness (QED) is 0.678. The lowest BCUT2D eigenvalue weighted by Crippen LogP contribution is -2.14. The summed E-state index contributed by atoms with van der Waals surface area (Å²) in [6, 6.07) is 4.92. The van der Waals surface area contributed by atoms with Gasteiger partial charge >= 0.3 is 12.1 Å². The molecule has 0 radical (unpaired) electrons. The topological polar surface area (TPSA) is 60.7 Å². The van der Waals surface area contributed by atoms with Crippen LogP contribution in [0.25, 0.3) is 4.96 Å². The maximum absolute atomic E-state index is 12.5. The Morgan fingerprint density at radius 2 is 1.96 bits per heavy atom. The molecule has 0 saturated carbocycles. The summed E-state index contributed by atoms with van der Waals surface area (Å²) >= 11 is 1.25. The van der Waals surface area contributed by atoms with Gasteiger partial charge in [0, 0.05) is 17.6 Å². The molecule has 0 spiro atoms. The van der Waals surface area contributed by atoms with Gasteiger partial charge in [-0.1, -0.05) is 0 Å². The van der Waals surface area contributed by atoms with E-state index in [1.165, 1.54) is 21.8 Å². The van der Waals surface area contributed by atoms with E-state index in [1.54, 1.807) is 11.6 Å². The molecule has 0 amide bonds. The summed E-state index contributed by atoms with van der Waals surface area (Å²) < 4.78 is 43.8. The molecule has 2 aromatic heterocycles. The van der Waals surface area contributed by atoms with Gasteiger partial charge in [-0.15, -0.1) is 11.3 Å². The molecule has 0 fully saturated rings. The first-order chi connectivity index (χ1) is 11.3. The SMILES string of the molecule is O=C(OCc1cc(=O)n2ccsc2n1)c1ccc(C(F)(F)F)cc1. The summed E-state index contributed by atoms with van der Waals surface area (Å²) in [7, 11) is 0. The molecule has 0 aliphatic carbocycles. The van der Waals surface area contributed by atoms with Gasteiger partial charge < -0.3 is 4.74 Å². The minimum atomic E-state index is -4.47. The Kier molecular flexibility index (Phi) is 4.10. The van der Waals surface area contributed by atoms with Crippen molar-refractivity contribution >= 4 is 22.3 Å². The van der Waals surface area contributed by atoms with Crippen molar-refractivity contribution in [3.05, 3.63) is 69.1 Å². The van der Waals surface area contributed by atoms with Crippen molar-refractivity contribution in [1.82, 2.24) is 9.38 Å². The van der Waals surface area contributed by atoms with Crippen molar-refractivity contribution in [2.24, 2.45) is 0 Å². The van der Waals surface area contributed by atoms with Crippen LogP contribution in [0.2, 0.25) is 0 Å². The molecular weight excluding hydrogens is 345 g/mol. The van der Waals surface area contributed by atoms with Gasteiger partial charge in [-0.25, -0.2) is 9.78 Å². The van der Waals surface area contributed by atoms with Gasteiger partial charge in [0.1, 0.15) is 6.61 Å². The summed E-state index contributed by atoms with van der Waals surface area (Å²) in [5.41, 5.74) is -0.904. The van der Waals surface area contributed by atoms with Gasteiger partial charge in [0.25, 0.3) is 5.56 Å². The lowest BCUT2D eigenvalue weighted by atomic mass is 10.1. The molecular formula is C15H9F3N2O3S. The number of esters is 1. The van der Waals surface area contributed by atoms with Crippen molar-refractivity contribution in [1.29, 1.82) is 0 Å². The van der Waals surface area contributed by atoms with Crippen LogP contribution in [0.1, 0.15) is 21.6 Å². The van der Waals surface area contributed by atoms with Crippen LogP contribution in [-0.2, 0) is 17.5 Å². The number of aromatic nitrogens is 2. The fourth-order valence-corrected chi connectivity index (χ4v) is 2.72. The number of hydrogen-bond acceptors (Lipinski definition) is 5. The van der Waals surface area contributed by atoms with E-state index < -0.39 is 17.7 Å². The zero-order valence-electron chi connectivity index (χ0n) is 11.9. The Hall–Kier alpha value is -2.68. The van der Waals surface area contributed by atoms with E-state index in [9.17, 15) is 22.8 Å². The highest BCUT2D eigenvalue weighted by Gasteiger charge is 2.30. The zero-order chi connectivity index (χ0) is 17.3. The molecule has 0 atom stereocenters. The molecule has 124 valence electrons. The monoisotopic (exact) mass is 354 g/mol. The highest BCUT2D eigenvalue weighted by molar-refractivity contribution is 7.15. The van der Waals surface area contributed by atoms with E-state index >= 15 is 0 Å². The van der Waals surface area contributed by atoms with Crippen LogP contribution in [0.4, 0.5) is 13.2 Å². The number of nitrogens with zero attached hydrogens (tertiary/aromatic N) is 2. The predicted molar refractivity (Wildman–Crippen MR) is 79.9 cm³/mol. The fraction of sp³-hybridized carbons (Fsp3) is 0.133. The number of rotatable bonds is 3. The summed E-state index contributed by atoms with van der Waals surface area (Å²) in [4.78, 5) is 28.3. The number of ether oxygens (including phenoxy) is 1. The fourth-order valence-electron chi connectivity index (χ4n) is 1.98. The van der Waals surface area contributed by atoms with E-state index in [-0.39, 0.29) is 23.4 Å². The van der Waals surface area contributed by atoms with Crippen molar-refractivity contribution in [3.63, 3.8) is 0 Å². The van der Waals surface area contributed by atoms with Crippen molar-refractivity contribution < 1.29 is 22.7 Å². The third-order valence-electron chi connectivity index (χ3n) is 3.16. The van der Waals surface area contributed by atoms with Gasteiger partial charge in [0.15, 0.2) is 4.96 Å². The lowest BCUT2D eigenvalue weighted by Gasteiger charge is -2.08. The Morgan fingerprint density at radius 3 is 2.62 bits per heavy atom. The molecule has 3 aromatic rings. The zero-order valence-corrected chi connectivity index (χ0v) is 12.7. The van der Waals surface area contributed by atoms with Crippen LogP contribution >= 0.6 is 11.3 Å². The van der Waals surface area contributed by atoms with Gasteiger partial charge in [0.2, 0.25) is 0 Å². The lowest BCUT2D eigenvalue weighted by molar-refractivity contribution is -0.137. The van der Waals surface area contributed by atoms with Crippen LogP contribution in [0, 0.1) is 0 Å². The second-order valence-corrected chi connectivity index (χ2v) is 5.67. The van der Waals surface area contributed by atoms with Gasteiger partial charge in [-0.3, -0.25) is 9.20 Å². The van der Waals surface area contributed by atoms with Crippen LogP contribution in [0.5, 0.6) is 0 Å².